The van der Waals surface area contributed by atoms with Gasteiger partial charge < -0.3 is 14.4 Å². The van der Waals surface area contributed by atoms with E-state index in [1.54, 1.807) is 20.3 Å². The van der Waals surface area contributed by atoms with Crippen LogP contribution in [-0.4, -0.2) is 68.3 Å². The lowest BCUT2D eigenvalue weighted by molar-refractivity contribution is 0.0704. The van der Waals surface area contributed by atoms with Crippen LogP contribution in [0.5, 0.6) is 0 Å². The van der Waals surface area contributed by atoms with E-state index in [-0.39, 0.29) is 17.7 Å². The smallest absolute Gasteiger partial charge is 0.256 e. The molecule has 5 rings (SSSR count). The minimum absolute atomic E-state index is 0.0219. The van der Waals surface area contributed by atoms with E-state index < -0.39 is 0 Å². The minimum Gasteiger partial charge on any atom is -0.345 e. The molecule has 3 aromatic rings. The quantitative estimate of drug-likeness (QED) is 0.632. The van der Waals surface area contributed by atoms with Crippen LogP contribution in [0.2, 0.25) is 0 Å². The number of hydrogen-bond acceptors (Lipinski definition) is 5. The molecule has 1 aliphatic heterocycles. The highest BCUT2D eigenvalue weighted by atomic mass is 16.2. The van der Waals surface area contributed by atoms with Crippen LogP contribution in [-0.2, 0) is 0 Å². The predicted octanol–water partition coefficient (Wildman–Crippen LogP) is 3.19. The number of carbonyl (C=O) groups is 2. The van der Waals surface area contributed by atoms with Gasteiger partial charge >= 0.3 is 0 Å². The third-order valence-electron chi connectivity index (χ3n) is 6.47. The second kappa shape index (κ2) is 8.00. The van der Waals surface area contributed by atoms with E-state index in [0.29, 0.717) is 35.2 Å². The molecule has 0 bridgehead atoms. The van der Waals surface area contributed by atoms with Crippen molar-refractivity contribution in [1.82, 2.24) is 29.3 Å². The SMILES string of the molecule is Cc1nc(C2CCCN(C(=O)c3ccc4c(c3)ncn4C3CC3)C2)ncc1C(=O)N(C)C. The van der Waals surface area contributed by atoms with Crippen molar-refractivity contribution in [2.75, 3.05) is 27.2 Å². The number of piperidine rings is 1. The van der Waals surface area contributed by atoms with Crippen molar-refractivity contribution in [3.05, 3.63) is 53.4 Å². The first-order chi connectivity index (χ1) is 15.4. The van der Waals surface area contributed by atoms with Gasteiger partial charge in [-0.2, -0.15) is 0 Å². The average molecular weight is 433 g/mol. The molecule has 2 fully saturated rings. The van der Waals surface area contributed by atoms with Crippen molar-refractivity contribution in [3.8, 4) is 0 Å². The van der Waals surface area contributed by atoms with Gasteiger partial charge in [0.05, 0.1) is 28.6 Å². The summed E-state index contributed by atoms with van der Waals surface area (Å²) in [6.07, 6.45) is 7.73. The van der Waals surface area contributed by atoms with E-state index in [0.717, 1.165) is 30.4 Å². The Bertz CT molecular complexity index is 1200. The van der Waals surface area contributed by atoms with Crippen molar-refractivity contribution in [1.29, 1.82) is 0 Å². The highest BCUT2D eigenvalue weighted by Gasteiger charge is 2.29. The van der Waals surface area contributed by atoms with Crippen LogP contribution in [0.15, 0.2) is 30.7 Å². The Morgan fingerprint density at radius 2 is 1.94 bits per heavy atom. The molecule has 32 heavy (non-hydrogen) atoms. The zero-order chi connectivity index (χ0) is 22.4. The normalized spacial score (nSPS) is 18.7. The number of rotatable bonds is 4. The molecule has 2 aromatic heterocycles. The number of amides is 2. The highest BCUT2D eigenvalue weighted by molar-refractivity contribution is 5.97. The first-order valence-corrected chi connectivity index (χ1v) is 11.2. The van der Waals surface area contributed by atoms with E-state index >= 15 is 0 Å². The summed E-state index contributed by atoms with van der Waals surface area (Å²) in [7, 11) is 3.43. The van der Waals surface area contributed by atoms with Gasteiger partial charge in [-0.3, -0.25) is 9.59 Å². The highest BCUT2D eigenvalue weighted by Crippen LogP contribution is 2.37. The monoisotopic (exact) mass is 432 g/mol. The first-order valence-electron chi connectivity index (χ1n) is 11.2. The van der Waals surface area contributed by atoms with Crippen molar-refractivity contribution in [2.24, 2.45) is 0 Å². The maximum Gasteiger partial charge on any atom is 0.256 e. The summed E-state index contributed by atoms with van der Waals surface area (Å²) in [6.45, 7) is 3.14. The van der Waals surface area contributed by atoms with Gasteiger partial charge in [0.1, 0.15) is 5.82 Å². The molecular formula is C24H28N6O2. The van der Waals surface area contributed by atoms with Crippen molar-refractivity contribution in [2.45, 2.75) is 44.6 Å². The summed E-state index contributed by atoms with van der Waals surface area (Å²) in [5, 5.41) is 0. The molecule has 0 spiro atoms. The van der Waals surface area contributed by atoms with Gasteiger partial charge in [-0.1, -0.05) is 0 Å². The fourth-order valence-corrected chi connectivity index (χ4v) is 4.50. The van der Waals surface area contributed by atoms with Crippen LogP contribution in [0.4, 0.5) is 0 Å². The van der Waals surface area contributed by atoms with Gasteiger partial charge in [0.2, 0.25) is 0 Å². The van der Waals surface area contributed by atoms with Gasteiger partial charge in [-0.05, 0) is 50.8 Å². The largest absolute Gasteiger partial charge is 0.345 e. The van der Waals surface area contributed by atoms with E-state index in [2.05, 4.69) is 19.5 Å². The van der Waals surface area contributed by atoms with E-state index in [4.69, 9.17) is 0 Å². The molecule has 1 saturated heterocycles. The van der Waals surface area contributed by atoms with Crippen LogP contribution in [0, 0.1) is 6.92 Å². The molecule has 8 nitrogen and oxygen atoms in total. The summed E-state index contributed by atoms with van der Waals surface area (Å²) < 4.78 is 2.21. The van der Waals surface area contributed by atoms with Gasteiger partial charge in [0.15, 0.2) is 0 Å². The van der Waals surface area contributed by atoms with Crippen LogP contribution in [0.3, 0.4) is 0 Å². The summed E-state index contributed by atoms with van der Waals surface area (Å²) in [5.41, 5.74) is 3.83. The molecule has 1 unspecified atom stereocenters. The summed E-state index contributed by atoms with van der Waals surface area (Å²) in [6, 6.07) is 6.40. The zero-order valence-electron chi connectivity index (χ0n) is 18.8. The van der Waals surface area contributed by atoms with Crippen molar-refractivity contribution >= 4 is 22.8 Å². The number of benzene rings is 1. The van der Waals surface area contributed by atoms with E-state index in [1.165, 1.54) is 17.7 Å². The Morgan fingerprint density at radius 1 is 1.12 bits per heavy atom. The Balaban J connectivity index is 1.33. The summed E-state index contributed by atoms with van der Waals surface area (Å²) in [5.74, 6) is 0.685. The molecule has 1 aliphatic carbocycles. The number of likely N-dealkylation sites (tertiary alicyclic amines) is 1. The van der Waals surface area contributed by atoms with Crippen LogP contribution in [0.25, 0.3) is 11.0 Å². The topological polar surface area (TPSA) is 84.2 Å². The number of aryl methyl sites for hydroxylation is 1. The van der Waals surface area contributed by atoms with Gasteiger partial charge in [-0.25, -0.2) is 15.0 Å². The average Bonchev–Trinajstić information content (AvgIpc) is 3.56. The Kier molecular flexibility index (Phi) is 5.15. The Morgan fingerprint density at radius 3 is 2.66 bits per heavy atom. The number of fused-ring (bicyclic) bond motifs is 1. The van der Waals surface area contributed by atoms with Crippen LogP contribution in [0.1, 0.15) is 69.9 Å². The Hall–Kier alpha value is -3.29. The number of hydrogen-bond donors (Lipinski definition) is 0. The third-order valence-corrected chi connectivity index (χ3v) is 6.47. The molecule has 166 valence electrons. The van der Waals surface area contributed by atoms with Gasteiger partial charge in [0.25, 0.3) is 11.8 Å². The maximum absolute atomic E-state index is 13.3. The van der Waals surface area contributed by atoms with Crippen molar-refractivity contribution in [3.63, 3.8) is 0 Å². The molecule has 2 aliphatic rings. The Labute approximate surface area is 187 Å². The molecular weight excluding hydrogens is 404 g/mol. The second-order valence-corrected chi connectivity index (χ2v) is 9.10. The molecule has 1 aromatic carbocycles. The number of aromatic nitrogens is 4. The molecule has 1 saturated carbocycles. The molecule has 0 radical (unpaired) electrons. The molecule has 0 N–H and O–H groups in total. The number of nitrogens with zero attached hydrogens (tertiary/aromatic N) is 6. The standard InChI is InChI=1S/C24H28N6O2/c1-15-19(24(32)28(2)3)12-25-22(27-15)17-5-4-10-29(13-17)23(31)16-6-9-21-20(11-16)26-14-30(21)18-7-8-18/h6,9,11-12,14,17-18H,4-5,7-8,10,13H2,1-3H3. The lowest BCUT2D eigenvalue weighted by Crippen LogP contribution is -2.39. The van der Waals surface area contributed by atoms with Gasteiger partial charge in [0, 0.05) is 50.9 Å². The fraction of sp³-hybridized carbons (Fsp3) is 0.458. The number of carbonyl (C=O) groups excluding carboxylic acids is 2. The second-order valence-electron chi connectivity index (χ2n) is 9.10. The van der Waals surface area contributed by atoms with Crippen LogP contribution < -0.4 is 0 Å². The van der Waals surface area contributed by atoms with E-state index in [1.807, 2.05) is 36.4 Å². The fourth-order valence-electron chi connectivity index (χ4n) is 4.50. The van der Waals surface area contributed by atoms with Crippen molar-refractivity contribution < 1.29 is 9.59 Å². The molecule has 1 atom stereocenters. The molecule has 3 heterocycles. The third kappa shape index (κ3) is 3.74. The minimum atomic E-state index is -0.103. The lowest BCUT2D eigenvalue weighted by Gasteiger charge is -2.32. The molecule has 8 heteroatoms. The molecule has 2 amide bonds. The predicted molar refractivity (Wildman–Crippen MR) is 121 cm³/mol. The first kappa shape index (κ1) is 20.6. The summed E-state index contributed by atoms with van der Waals surface area (Å²) >= 11 is 0. The lowest BCUT2D eigenvalue weighted by atomic mass is 9.96. The van der Waals surface area contributed by atoms with Crippen LogP contribution >= 0.6 is 0 Å². The zero-order valence-corrected chi connectivity index (χ0v) is 18.8. The summed E-state index contributed by atoms with van der Waals surface area (Å²) in [4.78, 5) is 42.6. The van der Waals surface area contributed by atoms with Gasteiger partial charge in [-0.15, -0.1) is 0 Å². The number of imidazole rings is 1. The van der Waals surface area contributed by atoms with E-state index in [9.17, 15) is 9.59 Å². The maximum atomic E-state index is 13.3.